The fourth-order valence-corrected chi connectivity index (χ4v) is 4.64. The van der Waals surface area contributed by atoms with Crippen LogP contribution in [0.4, 0.5) is 4.39 Å². The van der Waals surface area contributed by atoms with E-state index in [2.05, 4.69) is 6.92 Å². The van der Waals surface area contributed by atoms with Gasteiger partial charge >= 0.3 is 0 Å². The molecule has 0 spiro atoms. The third kappa shape index (κ3) is 3.62. The van der Waals surface area contributed by atoms with Crippen molar-refractivity contribution in [1.29, 1.82) is 0 Å². The first-order valence-corrected chi connectivity index (χ1v) is 8.91. The van der Waals surface area contributed by atoms with Gasteiger partial charge in [0, 0.05) is 19.6 Å². The Labute approximate surface area is 126 Å². The number of nitrogens with two attached hydrogens (primary N) is 1. The zero-order valence-electron chi connectivity index (χ0n) is 12.4. The topological polar surface area (TPSA) is 63.4 Å². The summed E-state index contributed by atoms with van der Waals surface area (Å²) in [4.78, 5) is 0.0129. The molecule has 0 atom stereocenters. The average Bonchev–Trinajstić information content (AvgIpc) is 2.48. The summed E-state index contributed by atoms with van der Waals surface area (Å²) in [6, 6.07) is 3.77. The molecule has 2 N–H and O–H groups in total. The van der Waals surface area contributed by atoms with Gasteiger partial charge in [0.2, 0.25) is 10.0 Å². The largest absolute Gasteiger partial charge is 0.326 e. The van der Waals surface area contributed by atoms with E-state index in [0.29, 0.717) is 24.6 Å². The zero-order chi connectivity index (χ0) is 15.5. The van der Waals surface area contributed by atoms with Crippen LogP contribution in [0.25, 0.3) is 0 Å². The molecule has 0 radical (unpaired) electrons. The van der Waals surface area contributed by atoms with E-state index in [1.165, 1.54) is 16.4 Å². The van der Waals surface area contributed by atoms with Crippen molar-refractivity contribution < 1.29 is 12.8 Å². The van der Waals surface area contributed by atoms with Crippen LogP contribution in [-0.2, 0) is 16.6 Å². The van der Waals surface area contributed by atoms with Gasteiger partial charge in [-0.3, -0.25) is 0 Å². The molecular formula is C15H23FN2O2S. The van der Waals surface area contributed by atoms with Gasteiger partial charge in [-0.1, -0.05) is 25.8 Å². The fraction of sp³-hybridized carbons (Fsp3) is 0.600. The van der Waals surface area contributed by atoms with Crippen LogP contribution in [0.2, 0.25) is 0 Å². The van der Waals surface area contributed by atoms with Gasteiger partial charge in [0.05, 0.1) is 4.90 Å². The Bertz CT molecular complexity index is 581. The molecule has 21 heavy (non-hydrogen) atoms. The number of halogens is 1. The molecule has 118 valence electrons. The Kier molecular flexibility index (Phi) is 5.35. The molecule has 0 saturated carbocycles. The number of benzene rings is 1. The van der Waals surface area contributed by atoms with E-state index in [-0.39, 0.29) is 11.4 Å². The molecule has 0 aliphatic carbocycles. The Morgan fingerprint density at radius 2 is 2.00 bits per heavy atom. The third-order valence-electron chi connectivity index (χ3n) is 4.14. The highest BCUT2D eigenvalue weighted by Crippen LogP contribution is 2.28. The maximum absolute atomic E-state index is 13.4. The SMILES string of the molecule is CCCC1CCN(S(=O)(=O)c2cc(F)ccc2CN)CC1. The zero-order valence-corrected chi connectivity index (χ0v) is 13.2. The first kappa shape index (κ1) is 16.4. The Hall–Kier alpha value is -0.980. The number of sulfonamides is 1. The van der Waals surface area contributed by atoms with Crippen molar-refractivity contribution in [2.24, 2.45) is 11.7 Å². The monoisotopic (exact) mass is 314 g/mol. The molecule has 1 aromatic rings. The molecular weight excluding hydrogens is 291 g/mol. The molecule has 1 fully saturated rings. The Morgan fingerprint density at radius 3 is 2.57 bits per heavy atom. The molecule has 4 nitrogen and oxygen atoms in total. The van der Waals surface area contributed by atoms with Crippen LogP contribution in [0.15, 0.2) is 23.1 Å². The molecule has 1 heterocycles. The minimum atomic E-state index is -3.65. The van der Waals surface area contributed by atoms with Crippen LogP contribution in [0, 0.1) is 11.7 Å². The highest BCUT2D eigenvalue weighted by molar-refractivity contribution is 7.89. The van der Waals surface area contributed by atoms with Crippen molar-refractivity contribution in [2.45, 2.75) is 44.0 Å². The second kappa shape index (κ2) is 6.85. The molecule has 0 bridgehead atoms. The van der Waals surface area contributed by atoms with E-state index in [1.807, 2.05) is 0 Å². The summed E-state index contributed by atoms with van der Waals surface area (Å²) in [6.45, 7) is 3.24. The maximum Gasteiger partial charge on any atom is 0.243 e. The summed E-state index contributed by atoms with van der Waals surface area (Å²) >= 11 is 0. The molecule has 1 aliphatic heterocycles. The summed E-state index contributed by atoms with van der Waals surface area (Å²) in [7, 11) is -3.65. The molecule has 1 saturated heterocycles. The summed E-state index contributed by atoms with van der Waals surface area (Å²) in [5.41, 5.74) is 6.05. The maximum atomic E-state index is 13.4. The van der Waals surface area contributed by atoms with Crippen molar-refractivity contribution in [3.8, 4) is 0 Å². The van der Waals surface area contributed by atoms with E-state index < -0.39 is 15.8 Å². The summed E-state index contributed by atoms with van der Waals surface area (Å²) in [5.74, 6) is 0.0505. The highest BCUT2D eigenvalue weighted by atomic mass is 32.2. The second-order valence-corrected chi connectivity index (χ2v) is 7.50. The number of hydrogen-bond acceptors (Lipinski definition) is 3. The third-order valence-corrected chi connectivity index (χ3v) is 6.12. The Morgan fingerprint density at radius 1 is 1.33 bits per heavy atom. The van der Waals surface area contributed by atoms with E-state index in [4.69, 9.17) is 5.73 Å². The second-order valence-electron chi connectivity index (χ2n) is 5.59. The fourth-order valence-electron chi connectivity index (χ4n) is 2.92. The van der Waals surface area contributed by atoms with Gasteiger partial charge in [0.1, 0.15) is 5.82 Å². The van der Waals surface area contributed by atoms with Gasteiger partial charge < -0.3 is 5.73 Å². The van der Waals surface area contributed by atoms with Crippen LogP contribution < -0.4 is 5.73 Å². The van der Waals surface area contributed by atoms with Crippen LogP contribution in [0.1, 0.15) is 38.2 Å². The van der Waals surface area contributed by atoms with E-state index in [9.17, 15) is 12.8 Å². The van der Waals surface area contributed by atoms with Gasteiger partial charge in [-0.2, -0.15) is 4.31 Å². The molecule has 1 aliphatic rings. The smallest absolute Gasteiger partial charge is 0.243 e. The first-order valence-electron chi connectivity index (χ1n) is 7.47. The van der Waals surface area contributed by atoms with Gasteiger partial charge in [-0.15, -0.1) is 0 Å². The van der Waals surface area contributed by atoms with Crippen molar-refractivity contribution >= 4 is 10.0 Å². The highest BCUT2D eigenvalue weighted by Gasteiger charge is 2.30. The first-order chi connectivity index (χ1) is 9.98. The number of piperidine rings is 1. The Balaban J connectivity index is 2.21. The lowest BCUT2D eigenvalue weighted by molar-refractivity contribution is 0.262. The van der Waals surface area contributed by atoms with Gasteiger partial charge in [0.15, 0.2) is 0 Å². The van der Waals surface area contributed by atoms with Gasteiger partial charge in [-0.25, -0.2) is 12.8 Å². The minimum absolute atomic E-state index is 0.0129. The molecule has 1 aromatic carbocycles. The predicted molar refractivity (Wildman–Crippen MR) is 80.7 cm³/mol. The van der Waals surface area contributed by atoms with Crippen LogP contribution in [0.5, 0.6) is 0 Å². The van der Waals surface area contributed by atoms with E-state index in [1.54, 1.807) is 0 Å². The van der Waals surface area contributed by atoms with Gasteiger partial charge in [-0.05, 0) is 36.5 Å². The number of nitrogens with zero attached hydrogens (tertiary/aromatic N) is 1. The van der Waals surface area contributed by atoms with Crippen LogP contribution >= 0.6 is 0 Å². The average molecular weight is 314 g/mol. The molecule has 0 aromatic heterocycles. The number of hydrogen-bond donors (Lipinski definition) is 1. The van der Waals surface area contributed by atoms with Crippen molar-refractivity contribution in [2.75, 3.05) is 13.1 Å². The quantitative estimate of drug-likeness (QED) is 0.908. The predicted octanol–water partition coefficient (Wildman–Crippen LogP) is 2.49. The summed E-state index contributed by atoms with van der Waals surface area (Å²) in [6.07, 6.45) is 4.02. The number of rotatable bonds is 5. The van der Waals surface area contributed by atoms with Crippen LogP contribution in [0.3, 0.4) is 0 Å². The summed E-state index contributed by atoms with van der Waals surface area (Å²) < 4.78 is 40.3. The minimum Gasteiger partial charge on any atom is -0.326 e. The van der Waals surface area contributed by atoms with Crippen LogP contribution in [-0.4, -0.2) is 25.8 Å². The van der Waals surface area contributed by atoms with E-state index in [0.717, 1.165) is 31.7 Å². The summed E-state index contributed by atoms with van der Waals surface area (Å²) in [5, 5.41) is 0. The lowest BCUT2D eigenvalue weighted by atomic mass is 9.94. The molecule has 0 amide bonds. The van der Waals surface area contributed by atoms with Crippen molar-refractivity contribution in [3.63, 3.8) is 0 Å². The van der Waals surface area contributed by atoms with E-state index >= 15 is 0 Å². The lowest BCUT2D eigenvalue weighted by Crippen LogP contribution is -2.38. The normalized spacial score (nSPS) is 18.0. The van der Waals surface area contributed by atoms with Gasteiger partial charge in [0.25, 0.3) is 0 Å². The molecule has 2 rings (SSSR count). The standard InChI is InChI=1S/C15H23FN2O2S/c1-2-3-12-6-8-18(9-7-12)21(19,20)15-10-14(16)5-4-13(15)11-17/h4-5,10,12H,2-3,6-9,11,17H2,1H3. The van der Waals surface area contributed by atoms with Crippen molar-refractivity contribution in [1.82, 2.24) is 4.31 Å². The van der Waals surface area contributed by atoms with Crippen molar-refractivity contribution in [3.05, 3.63) is 29.6 Å². The molecule has 6 heteroatoms. The molecule has 0 unspecified atom stereocenters. The lowest BCUT2D eigenvalue weighted by Gasteiger charge is -2.31.